The Hall–Kier alpha value is -3.60. The number of hydrogen-bond donors (Lipinski definition) is 1. The monoisotopic (exact) mass is 372 g/mol. The fourth-order valence-corrected chi connectivity index (χ4v) is 3.49. The van der Waals surface area contributed by atoms with Gasteiger partial charge in [-0.15, -0.1) is 4.91 Å². The zero-order valence-electron chi connectivity index (χ0n) is 15.5. The van der Waals surface area contributed by atoms with E-state index in [-0.39, 0.29) is 11.6 Å². The molecule has 0 aliphatic rings. The van der Waals surface area contributed by atoms with Crippen LogP contribution in [-0.2, 0) is 13.2 Å². The summed E-state index contributed by atoms with van der Waals surface area (Å²) in [7, 11) is 0. The number of nitrogens with zero attached hydrogens (tertiary/aromatic N) is 2. The van der Waals surface area contributed by atoms with Gasteiger partial charge in [0.15, 0.2) is 5.69 Å². The van der Waals surface area contributed by atoms with Crippen molar-refractivity contribution in [3.8, 4) is 11.6 Å². The van der Waals surface area contributed by atoms with Gasteiger partial charge < -0.3 is 14.4 Å². The van der Waals surface area contributed by atoms with Crippen LogP contribution in [-0.4, -0.2) is 9.67 Å². The first-order valence-corrected chi connectivity index (χ1v) is 9.08. The molecule has 5 heteroatoms. The maximum absolute atomic E-state index is 11.3. The van der Waals surface area contributed by atoms with E-state index in [1.165, 1.54) is 0 Å². The van der Waals surface area contributed by atoms with Crippen LogP contribution in [0.3, 0.4) is 0 Å². The number of aromatic nitrogens is 1. The van der Waals surface area contributed by atoms with E-state index < -0.39 is 0 Å². The Morgan fingerprint density at radius 3 is 2.50 bits per heavy atom. The molecule has 0 aliphatic carbocycles. The molecule has 4 rings (SSSR count). The molecule has 0 spiro atoms. The number of fused-ring (bicyclic) bond motifs is 1. The molecule has 0 aliphatic heterocycles. The molecule has 1 N–H and O–H groups in total. The second kappa shape index (κ2) is 7.56. The highest BCUT2D eigenvalue weighted by Gasteiger charge is 2.19. The Labute approximate surface area is 162 Å². The summed E-state index contributed by atoms with van der Waals surface area (Å²) in [6.45, 7) is 2.77. The fraction of sp³-hybridized carbons (Fsp3) is 0.130. The molecule has 3 aromatic carbocycles. The largest absolute Gasteiger partial charge is 0.493 e. The van der Waals surface area contributed by atoms with Gasteiger partial charge in [-0.1, -0.05) is 66.7 Å². The van der Waals surface area contributed by atoms with Crippen LogP contribution in [0, 0.1) is 11.8 Å². The second-order valence-corrected chi connectivity index (χ2v) is 6.70. The minimum Gasteiger partial charge on any atom is -0.493 e. The van der Waals surface area contributed by atoms with E-state index in [0.717, 1.165) is 28.0 Å². The summed E-state index contributed by atoms with van der Waals surface area (Å²) in [4.78, 5) is 11.3. The maximum atomic E-state index is 11.3. The topological polar surface area (TPSA) is 63.8 Å². The SMILES string of the molecule is Cc1cccc2c(N=O)c(O)n(Cc3ccccc3OCc3ccccc3)c12. The van der Waals surface area contributed by atoms with Crippen molar-refractivity contribution in [2.45, 2.75) is 20.1 Å². The van der Waals surface area contributed by atoms with Crippen LogP contribution in [0.1, 0.15) is 16.7 Å². The van der Waals surface area contributed by atoms with Crippen LogP contribution in [0.5, 0.6) is 11.6 Å². The number of benzene rings is 3. The molecule has 0 saturated heterocycles. The van der Waals surface area contributed by atoms with Gasteiger partial charge in [0.2, 0.25) is 5.88 Å². The third-order valence-electron chi connectivity index (χ3n) is 4.86. The lowest BCUT2D eigenvalue weighted by Gasteiger charge is -2.14. The summed E-state index contributed by atoms with van der Waals surface area (Å²) in [5.74, 6) is 0.610. The number of nitroso groups, excluding NO2 is 1. The number of rotatable bonds is 6. The summed E-state index contributed by atoms with van der Waals surface area (Å²) in [5.41, 5.74) is 3.82. The average molecular weight is 372 g/mol. The van der Waals surface area contributed by atoms with E-state index in [4.69, 9.17) is 4.74 Å². The minimum atomic E-state index is -0.128. The first-order valence-electron chi connectivity index (χ1n) is 9.08. The molecular weight excluding hydrogens is 352 g/mol. The van der Waals surface area contributed by atoms with Gasteiger partial charge in [0.1, 0.15) is 12.4 Å². The molecule has 0 radical (unpaired) electrons. The highest BCUT2D eigenvalue weighted by molar-refractivity contribution is 5.96. The quantitative estimate of drug-likeness (QED) is 0.443. The van der Waals surface area contributed by atoms with Gasteiger partial charge in [0, 0.05) is 10.9 Å². The Balaban J connectivity index is 1.71. The van der Waals surface area contributed by atoms with Gasteiger partial charge in [-0.3, -0.25) is 0 Å². The average Bonchev–Trinajstić information content (AvgIpc) is 3.00. The molecule has 0 atom stereocenters. The predicted molar refractivity (Wildman–Crippen MR) is 110 cm³/mol. The fourth-order valence-electron chi connectivity index (χ4n) is 3.49. The lowest BCUT2D eigenvalue weighted by Crippen LogP contribution is -2.04. The molecular formula is C23H20N2O3. The van der Waals surface area contributed by atoms with Gasteiger partial charge in [0.25, 0.3) is 0 Å². The number of para-hydroxylation sites is 2. The molecule has 0 amide bonds. The number of aromatic hydroxyl groups is 1. The van der Waals surface area contributed by atoms with Crippen LogP contribution >= 0.6 is 0 Å². The molecule has 0 saturated carbocycles. The van der Waals surface area contributed by atoms with Gasteiger partial charge in [-0.05, 0) is 29.3 Å². The summed E-state index contributed by atoms with van der Waals surface area (Å²) < 4.78 is 7.74. The van der Waals surface area contributed by atoms with E-state index in [1.54, 1.807) is 10.6 Å². The van der Waals surface area contributed by atoms with Crippen LogP contribution in [0.4, 0.5) is 5.69 Å². The van der Waals surface area contributed by atoms with Crippen molar-refractivity contribution in [1.82, 2.24) is 4.57 Å². The van der Waals surface area contributed by atoms with Crippen molar-refractivity contribution in [3.05, 3.63) is 94.4 Å². The molecule has 0 unspecified atom stereocenters. The van der Waals surface area contributed by atoms with Crippen molar-refractivity contribution < 1.29 is 9.84 Å². The standard InChI is InChI=1S/C23H20N2O3/c1-16-8-7-12-19-21(24-27)23(26)25(22(16)19)14-18-11-5-6-13-20(18)28-15-17-9-3-2-4-10-17/h2-13,26H,14-15H2,1H3. The predicted octanol–water partition coefficient (Wildman–Crippen LogP) is 5.68. The van der Waals surface area contributed by atoms with Gasteiger partial charge in [-0.2, -0.15) is 0 Å². The molecule has 1 aromatic heterocycles. The van der Waals surface area contributed by atoms with Gasteiger partial charge in [-0.25, -0.2) is 0 Å². The number of ether oxygens (including phenoxy) is 1. The van der Waals surface area contributed by atoms with E-state index in [1.807, 2.05) is 73.7 Å². The van der Waals surface area contributed by atoms with Crippen molar-refractivity contribution in [2.75, 3.05) is 0 Å². The van der Waals surface area contributed by atoms with E-state index in [9.17, 15) is 10.0 Å². The van der Waals surface area contributed by atoms with Crippen molar-refractivity contribution in [1.29, 1.82) is 0 Å². The van der Waals surface area contributed by atoms with Gasteiger partial charge >= 0.3 is 0 Å². The maximum Gasteiger partial charge on any atom is 0.222 e. The first kappa shape index (κ1) is 17.8. The molecule has 1 heterocycles. The van der Waals surface area contributed by atoms with Crippen LogP contribution in [0.2, 0.25) is 0 Å². The molecule has 0 fully saturated rings. The normalized spacial score (nSPS) is 10.9. The highest BCUT2D eigenvalue weighted by atomic mass is 16.5. The van der Waals surface area contributed by atoms with Crippen molar-refractivity contribution >= 4 is 16.6 Å². The number of hydrogen-bond acceptors (Lipinski definition) is 4. The zero-order chi connectivity index (χ0) is 19.5. The molecule has 5 nitrogen and oxygen atoms in total. The third kappa shape index (κ3) is 3.22. The Morgan fingerprint density at radius 2 is 1.71 bits per heavy atom. The van der Waals surface area contributed by atoms with Gasteiger partial charge in [0.05, 0.1) is 12.1 Å². The van der Waals surface area contributed by atoms with Crippen molar-refractivity contribution in [2.24, 2.45) is 5.18 Å². The first-order chi connectivity index (χ1) is 13.7. The molecule has 0 bridgehead atoms. The third-order valence-corrected chi connectivity index (χ3v) is 4.86. The Bertz CT molecular complexity index is 1130. The Morgan fingerprint density at radius 1 is 0.964 bits per heavy atom. The molecule has 28 heavy (non-hydrogen) atoms. The van der Waals surface area contributed by atoms with Crippen LogP contribution in [0.25, 0.3) is 10.9 Å². The van der Waals surface area contributed by atoms with Crippen LogP contribution < -0.4 is 4.74 Å². The molecule has 140 valence electrons. The number of aryl methyl sites for hydroxylation is 1. The Kier molecular flexibility index (Phi) is 4.81. The summed E-state index contributed by atoms with van der Waals surface area (Å²) >= 11 is 0. The zero-order valence-corrected chi connectivity index (χ0v) is 15.5. The smallest absolute Gasteiger partial charge is 0.222 e. The summed E-state index contributed by atoms with van der Waals surface area (Å²) in [6, 6.07) is 23.3. The van der Waals surface area contributed by atoms with Crippen LogP contribution in [0.15, 0.2) is 78.0 Å². The van der Waals surface area contributed by atoms with Crippen molar-refractivity contribution in [3.63, 3.8) is 0 Å². The lowest BCUT2D eigenvalue weighted by atomic mass is 10.1. The summed E-state index contributed by atoms with van der Waals surface area (Å²) in [6.07, 6.45) is 0. The van der Waals surface area contributed by atoms with E-state index in [2.05, 4.69) is 5.18 Å². The summed E-state index contributed by atoms with van der Waals surface area (Å²) in [5, 5.41) is 14.3. The lowest BCUT2D eigenvalue weighted by molar-refractivity contribution is 0.302. The van der Waals surface area contributed by atoms with E-state index >= 15 is 0 Å². The molecule has 4 aromatic rings. The minimum absolute atomic E-state index is 0.0707. The second-order valence-electron chi connectivity index (χ2n) is 6.70. The van der Waals surface area contributed by atoms with E-state index in [0.29, 0.717) is 18.5 Å². The highest BCUT2D eigenvalue weighted by Crippen LogP contribution is 2.40.